The molecular weight excluding hydrogens is 337 g/mol. The van der Waals surface area contributed by atoms with Gasteiger partial charge in [-0.3, -0.25) is 9.59 Å². The Morgan fingerprint density at radius 1 is 1.31 bits per heavy atom. The first kappa shape index (κ1) is 17.0. The molecular formula is C19H22FN3O3. The van der Waals surface area contributed by atoms with Crippen molar-refractivity contribution in [2.24, 2.45) is 5.16 Å². The van der Waals surface area contributed by atoms with Crippen LogP contribution in [0.4, 0.5) is 4.39 Å². The third-order valence-electron chi connectivity index (χ3n) is 5.41. The van der Waals surface area contributed by atoms with Crippen LogP contribution in [-0.4, -0.2) is 47.2 Å². The summed E-state index contributed by atoms with van der Waals surface area (Å²) in [5.41, 5.74) is 0.685. The van der Waals surface area contributed by atoms with Crippen LogP contribution in [-0.2, 0) is 9.63 Å². The molecule has 2 aliphatic heterocycles. The number of hydrogen-bond acceptors (Lipinski definition) is 4. The van der Waals surface area contributed by atoms with Crippen LogP contribution in [0.2, 0.25) is 0 Å². The summed E-state index contributed by atoms with van der Waals surface area (Å²) in [5.74, 6) is -0.930. The molecule has 0 bridgehead atoms. The Hall–Kier alpha value is -2.44. The number of oxime groups is 1. The van der Waals surface area contributed by atoms with Gasteiger partial charge in [-0.25, -0.2) is 4.39 Å². The monoisotopic (exact) mass is 359 g/mol. The Bertz CT molecular complexity index is 760. The average molecular weight is 359 g/mol. The third kappa shape index (κ3) is 3.18. The Morgan fingerprint density at radius 2 is 2.04 bits per heavy atom. The molecule has 2 heterocycles. The van der Waals surface area contributed by atoms with Crippen LogP contribution in [0.15, 0.2) is 23.4 Å². The number of hydrogen-bond donors (Lipinski definition) is 1. The van der Waals surface area contributed by atoms with Crippen molar-refractivity contribution in [1.82, 2.24) is 10.2 Å². The predicted octanol–water partition coefficient (Wildman–Crippen LogP) is 2.16. The van der Waals surface area contributed by atoms with Gasteiger partial charge in [0.25, 0.3) is 11.8 Å². The molecule has 1 saturated heterocycles. The van der Waals surface area contributed by atoms with Gasteiger partial charge in [0.1, 0.15) is 17.1 Å². The molecule has 4 rings (SSSR count). The number of carbonyl (C=O) groups excluding carboxylic acids is 2. The van der Waals surface area contributed by atoms with E-state index in [-0.39, 0.29) is 23.4 Å². The molecule has 1 aromatic rings. The van der Waals surface area contributed by atoms with Crippen LogP contribution >= 0.6 is 0 Å². The lowest BCUT2D eigenvalue weighted by Gasteiger charge is -2.37. The van der Waals surface area contributed by atoms with E-state index in [4.69, 9.17) is 4.84 Å². The fourth-order valence-electron chi connectivity index (χ4n) is 3.59. The maximum absolute atomic E-state index is 14.1. The second-order valence-electron chi connectivity index (χ2n) is 7.46. The molecule has 7 heteroatoms. The van der Waals surface area contributed by atoms with Crippen molar-refractivity contribution in [2.45, 2.75) is 50.7 Å². The molecule has 138 valence electrons. The number of benzene rings is 1. The maximum atomic E-state index is 14.1. The number of rotatable bonds is 3. The van der Waals surface area contributed by atoms with Gasteiger partial charge in [0.2, 0.25) is 0 Å². The lowest BCUT2D eigenvalue weighted by atomic mass is 9.86. The van der Waals surface area contributed by atoms with Gasteiger partial charge >= 0.3 is 0 Å². The standard InChI is InChI=1S/C19H22FN3O3/c1-12-3-2-4-14(20)16(12)18(25)23-9-7-19(8-10-23)11-15(22-26-19)17(24)21-13-5-6-13/h2-4,13H,5-11H2,1H3,(H,21,24). The van der Waals surface area contributed by atoms with E-state index in [9.17, 15) is 14.0 Å². The summed E-state index contributed by atoms with van der Waals surface area (Å²) >= 11 is 0. The number of likely N-dealkylation sites (tertiary alicyclic amines) is 1. The van der Waals surface area contributed by atoms with Gasteiger partial charge in [-0.2, -0.15) is 0 Å². The van der Waals surface area contributed by atoms with Gasteiger partial charge in [0.05, 0.1) is 5.56 Å². The SMILES string of the molecule is Cc1cccc(F)c1C(=O)N1CCC2(CC1)CC(C(=O)NC1CC1)=NO2. The molecule has 6 nitrogen and oxygen atoms in total. The summed E-state index contributed by atoms with van der Waals surface area (Å²) in [4.78, 5) is 32.1. The smallest absolute Gasteiger partial charge is 0.269 e. The zero-order valence-corrected chi connectivity index (χ0v) is 14.8. The van der Waals surface area contributed by atoms with E-state index in [1.165, 1.54) is 6.07 Å². The van der Waals surface area contributed by atoms with Gasteiger partial charge in [0, 0.05) is 38.4 Å². The molecule has 1 N–H and O–H groups in total. The molecule has 0 unspecified atom stereocenters. The number of carbonyl (C=O) groups is 2. The number of halogens is 1. The summed E-state index contributed by atoms with van der Waals surface area (Å²) in [6.45, 7) is 2.65. The van der Waals surface area contributed by atoms with Crippen molar-refractivity contribution in [2.75, 3.05) is 13.1 Å². The van der Waals surface area contributed by atoms with Crippen LogP contribution in [0.5, 0.6) is 0 Å². The molecule has 1 aliphatic carbocycles. The van der Waals surface area contributed by atoms with Crippen molar-refractivity contribution in [3.05, 3.63) is 35.1 Å². The minimum Gasteiger partial charge on any atom is -0.388 e. The third-order valence-corrected chi connectivity index (χ3v) is 5.41. The van der Waals surface area contributed by atoms with Gasteiger partial charge in [-0.15, -0.1) is 0 Å². The highest BCUT2D eigenvalue weighted by atomic mass is 19.1. The highest BCUT2D eigenvalue weighted by molar-refractivity contribution is 6.39. The van der Waals surface area contributed by atoms with E-state index in [1.54, 1.807) is 24.0 Å². The first-order valence-corrected chi connectivity index (χ1v) is 9.08. The van der Waals surface area contributed by atoms with Crippen molar-refractivity contribution >= 4 is 17.5 Å². The molecule has 1 saturated carbocycles. The van der Waals surface area contributed by atoms with Gasteiger partial charge in [0.15, 0.2) is 0 Å². The Morgan fingerprint density at radius 3 is 2.69 bits per heavy atom. The summed E-state index contributed by atoms with van der Waals surface area (Å²) in [5, 5.41) is 6.91. The van der Waals surface area contributed by atoms with Crippen molar-refractivity contribution in [3.63, 3.8) is 0 Å². The van der Waals surface area contributed by atoms with Crippen molar-refractivity contribution < 1.29 is 18.8 Å². The summed E-state index contributed by atoms with van der Waals surface area (Å²) in [6, 6.07) is 4.93. The Kier molecular flexibility index (Phi) is 4.17. The van der Waals surface area contributed by atoms with E-state index in [0.717, 1.165) is 12.8 Å². The second kappa shape index (κ2) is 6.37. The number of piperidine rings is 1. The normalized spacial score (nSPS) is 21.3. The van der Waals surface area contributed by atoms with E-state index < -0.39 is 11.4 Å². The first-order chi connectivity index (χ1) is 12.5. The molecule has 1 aromatic carbocycles. The van der Waals surface area contributed by atoms with Crippen LogP contribution < -0.4 is 5.32 Å². The molecule has 2 amide bonds. The number of aryl methyl sites for hydroxylation is 1. The van der Waals surface area contributed by atoms with E-state index >= 15 is 0 Å². The van der Waals surface area contributed by atoms with Crippen LogP contribution in [0, 0.1) is 12.7 Å². The average Bonchev–Trinajstić information content (AvgIpc) is 3.34. The van der Waals surface area contributed by atoms with E-state index in [2.05, 4.69) is 10.5 Å². The van der Waals surface area contributed by atoms with Crippen molar-refractivity contribution in [3.8, 4) is 0 Å². The topological polar surface area (TPSA) is 71.0 Å². The van der Waals surface area contributed by atoms with Crippen LogP contribution in [0.1, 0.15) is 48.0 Å². The van der Waals surface area contributed by atoms with Gasteiger partial charge in [-0.1, -0.05) is 17.3 Å². The lowest BCUT2D eigenvalue weighted by molar-refractivity contribution is -0.115. The highest BCUT2D eigenvalue weighted by Gasteiger charge is 2.45. The second-order valence-corrected chi connectivity index (χ2v) is 7.46. The fraction of sp³-hybridized carbons (Fsp3) is 0.526. The fourth-order valence-corrected chi connectivity index (χ4v) is 3.59. The Labute approximate surface area is 151 Å². The van der Waals surface area contributed by atoms with E-state index in [1.807, 2.05) is 0 Å². The molecule has 3 aliphatic rings. The number of nitrogens with zero attached hydrogens (tertiary/aromatic N) is 2. The quantitative estimate of drug-likeness (QED) is 0.899. The molecule has 0 aromatic heterocycles. The predicted molar refractivity (Wildman–Crippen MR) is 93.3 cm³/mol. The van der Waals surface area contributed by atoms with Crippen molar-refractivity contribution in [1.29, 1.82) is 0 Å². The molecule has 26 heavy (non-hydrogen) atoms. The summed E-state index contributed by atoms with van der Waals surface area (Å²) < 4.78 is 14.1. The number of amides is 2. The largest absolute Gasteiger partial charge is 0.388 e. The maximum Gasteiger partial charge on any atom is 0.269 e. The van der Waals surface area contributed by atoms with Crippen LogP contribution in [0.3, 0.4) is 0 Å². The van der Waals surface area contributed by atoms with Gasteiger partial charge in [-0.05, 0) is 31.4 Å². The van der Waals surface area contributed by atoms with E-state index in [0.29, 0.717) is 43.6 Å². The first-order valence-electron chi connectivity index (χ1n) is 9.08. The van der Waals surface area contributed by atoms with Gasteiger partial charge < -0.3 is 15.1 Å². The Balaban J connectivity index is 1.37. The zero-order chi connectivity index (χ0) is 18.3. The molecule has 0 atom stereocenters. The lowest BCUT2D eigenvalue weighted by Crippen LogP contribution is -2.47. The molecule has 1 spiro atoms. The molecule has 0 radical (unpaired) electrons. The summed E-state index contributed by atoms with van der Waals surface area (Å²) in [6.07, 6.45) is 3.67. The highest BCUT2D eigenvalue weighted by Crippen LogP contribution is 2.35. The number of nitrogens with one attached hydrogen (secondary N) is 1. The molecule has 2 fully saturated rings. The minimum atomic E-state index is -0.517. The van der Waals surface area contributed by atoms with Crippen LogP contribution in [0.25, 0.3) is 0 Å². The minimum absolute atomic E-state index is 0.136. The summed E-state index contributed by atoms with van der Waals surface area (Å²) in [7, 11) is 0. The zero-order valence-electron chi connectivity index (χ0n) is 14.8.